The summed E-state index contributed by atoms with van der Waals surface area (Å²) in [6.45, 7) is 2.37. The molecule has 0 radical (unpaired) electrons. The second-order valence-corrected chi connectivity index (χ2v) is 4.32. The Balaban J connectivity index is 2.05. The fourth-order valence-corrected chi connectivity index (χ4v) is 2.14. The molecule has 1 unspecified atom stereocenters. The van der Waals surface area contributed by atoms with Crippen molar-refractivity contribution < 1.29 is 4.79 Å². The molecule has 1 aliphatic rings. The maximum absolute atomic E-state index is 12.1. The van der Waals surface area contributed by atoms with Crippen LogP contribution in [0.25, 0.3) is 0 Å². The van der Waals surface area contributed by atoms with Crippen LogP contribution in [0.3, 0.4) is 0 Å². The molecule has 0 saturated carbocycles. The van der Waals surface area contributed by atoms with E-state index in [1.54, 1.807) is 0 Å². The lowest BCUT2D eigenvalue weighted by Crippen LogP contribution is -2.53. The summed E-state index contributed by atoms with van der Waals surface area (Å²) in [5.41, 5.74) is 0.766. The van der Waals surface area contributed by atoms with Crippen LogP contribution in [0.2, 0.25) is 0 Å². The lowest BCUT2D eigenvalue weighted by atomic mass is 10.1. The molecular weight excluding hydrogens is 220 g/mol. The largest absolute Gasteiger partial charge is 0.336 e. The van der Waals surface area contributed by atoms with Crippen molar-refractivity contribution in [3.05, 3.63) is 35.9 Å². The Morgan fingerprint density at radius 3 is 2.88 bits per heavy atom. The number of hydrogen-bond donors (Lipinski definition) is 2. The van der Waals surface area contributed by atoms with Crippen LogP contribution in [0.15, 0.2) is 30.3 Å². The number of nitrogens with zero attached hydrogens (tertiary/aromatic N) is 1. The van der Waals surface area contributed by atoms with E-state index < -0.39 is 0 Å². The third-order valence-corrected chi connectivity index (χ3v) is 3.22. The van der Waals surface area contributed by atoms with Crippen LogP contribution in [-0.4, -0.2) is 42.2 Å². The zero-order valence-electron chi connectivity index (χ0n) is 9.10. The van der Waals surface area contributed by atoms with E-state index in [9.17, 15) is 4.79 Å². The van der Waals surface area contributed by atoms with Gasteiger partial charge in [-0.05, 0) is 12.1 Å². The number of amides is 1. The molecule has 0 aromatic heterocycles. The summed E-state index contributed by atoms with van der Waals surface area (Å²) in [6.07, 6.45) is 0. The maximum atomic E-state index is 12.1. The predicted molar refractivity (Wildman–Crippen MR) is 68.0 cm³/mol. The number of thiol groups is 1. The van der Waals surface area contributed by atoms with Crippen LogP contribution in [0.4, 0.5) is 0 Å². The Hall–Kier alpha value is -1.00. The molecule has 0 bridgehead atoms. The Morgan fingerprint density at radius 2 is 2.19 bits per heavy atom. The molecule has 0 aliphatic carbocycles. The van der Waals surface area contributed by atoms with Crippen molar-refractivity contribution in [1.82, 2.24) is 10.2 Å². The number of benzene rings is 1. The molecule has 0 spiro atoms. The Morgan fingerprint density at radius 1 is 1.44 bits per heavy atom. The highest BCUT2D eigenvalue weighted by atomic mass is 32.1. The molecule has 16 heavy (non-hydrogen) atoms. The van der Waals surface area contributed by atoms with E-state index in [1.807, 2.05) is 35.2 Å². The first-order valence-corrected chi connectivity index (χ1v) is 6.13. The van der Waals surface area contributed by atoms with Gasteiger partial charge >= 0.3 is 0 Å². The standard InChI is InChI=1S/C12H16N2OS/c15-12(10-4-2-1-3-5-10)14-7-6-13-11(8-14)9-16/h1-5,11,13,16H,6-9H2. The third-order valence-electron chi connectivity index (χ3n) is 2.78. The molecular formula is C12H16N2OS. The first-order chi connectivity index (χ1) is 7.81. The lowest BCUT2D eigenvalue weighted by Gasteiger charge is -2.33. The molecule has 86 valence electrons. The quantitative estimate of drug-likeness (QED) is 0.752. The van der Waals surface area contributed by atoms with E-state index in [1.165, 1.54) is 0 Å². The minimum absolute atomic E-state index is 0.119. The molecule has 1 amide bonds. The van der Waals surface area contributed by atoms with Crippen LogP contribution in [0, 0.1) is 0 Å². The highest BCUT2D eigenvalue weighted by Crippen LogP contribution is 2.08. The van der Waals surface area contributed by atoms with Gasteiger partial charge in [0, 0.05) is 37.0 Å². The number of nitrogens with one attached hydrogen (secondary N) is 1. The van der Waals surface area contributed by atoms with Crippen molar-refractivity contribution in [3.8, 4) is 0 Å². The second-order valence-electron chi connectivity index (χ2n) is 3.95. The normalized spacial score (nSPS) is 20.8. The summed E-state index contributed by atoms with van der Waals surface area (Å²) in [6, 6.07) is 9.74. The molecule has 1 atom stereocenters. The molecule has 1 N–H and O–H groups in total. The van der Waals surface area contributed by atoms with Crippen LogP contribution in [0.1, 0.15) is 10.4 Å². The predicted octanol–water partition coefficient (Wildman–Crippen LogP) is 1.03. The van der Waals surface area contributed by atoms with Crippen LogP contribution >= 0.6 is 12.6 Å². The molecule has 1 saturated heterocycles. The van der Waals surface area contributed by atoms with E-state index in [2.05, 4.69) is 17.9 Å². The fraction of sp³-hybridized carbons (Fsp3) is 0.417. The highest BCUT2D eigenvalue weighted by Gasteiger charge is 2.22. The van der Waals surface area contributed by atoms with Crippen molar-refractivity contribution in [2.24, 2.45) is 0 Å². The van der Waals surface area contributed by atoms with Crippen molar-refractivity contribution in [3.63, 3.8) is 0 Å². The molecule has 3 nitrogen and oxygen atoms in total. The van der Waals surface area contributed by atoms with Gasteiger partial charge in [0.2, 0.25) is 0 Å². The van der Waals surface area contributed by atoms with E-state index in [4.69, 9.17) is 0 Å². The summed E-state index contributed by atoms with van der Waals surface area (Å²) in [4.78, 5) is 14.0. The smallest absolute Gasteiger partial charge is 0.253 e. The fourth-order valence-electron chi connectivity index (χ4n) is 1.90. The Bertz CT molecular complexity index is 355. The van der Waals surface area contributed by atoms with Gasteiger partial charge in [-0.2, -0.15) is 12.6 Å². The summed E-state index contributed by atoms with van der Waals surface area (Å²) >= 11 is 4.26. The van der Waals surface area contributed by atoms with Crippen LogP contribution < -0.4 is 5.32 Å². The average Bonchev–Trinajstić information content (AvgIpc) is 2.39. The molecule has 2 rings (SSSR count). The van der Waals surface area contributed by atoms with Gasteiger partial charge in [-0.15, -0.1) is 0 Å². The molecule has 1 fully saturated rings. The second kappa shape index (κ2) is 5.37. The summed E-state index contributed by atoms with van der Waals surface area (Å²) in [5, 5.41) is 3.33. The van der Waals surface area contributed by atoms with Crippen molar-refractivity contribution in [1.29, 1.82) is 0 Å². The number of carbonyl (C=O) groups excluding carboxylic acids is 1. The molecule has 1 aromatic carbocycles. The van der Waals surface area contributed by atoms with Crippen molar-refractivity contribution in [2.45, 2.75) is 6.04 Å². The molecule has 1 aliphatic heterocycles. The lowest BCUT2D eigenvalue weighted by molar-refractivity contribution is 0.0711. The van der Waals surface area contributed by atoms with E-state index in [0.717, 1.165) is 31.0 Å². The topological polar surface area (TPSA) is 32.3 Å². The van der Waals surface area contributed by atoms with Gasteiger partial charge in [0.1, 0.15) is 0 Å². The zero-order chi connectivity index (χ0) is 11.4. The van der Waals surface area contributed by atoms with Gasteiger partial charge in [-0.1, -0.05) is 18.2 Å². The van der Waals surface area contributed by atoms with E-state index in [0.29, 0.717) is 6.04 Å². The van der Waals surface area contributed by atoms with Crippen LogP contribution in [0.5, 0.6) is 0 Å². The average molecular weight is 236 g/mol. The molecule has 1 heterocycles. The van der Waals surface area contributed by atoms with Gasteiger partial charge in [0.05, 0.1) is 0 Å². The van der Waals surface area contributed by atoms with E-state index in [-0.39, 0.29) is 5.91 Å². The minimum atomic E-state index is 0.119. The first kappa shape index (κ1) is 11.5. The first-order valence-electron chi connectivity index (χ1n) is 5.50. The van der Waals surface area contributed by atoms with E-state index >= 15 is 0 Å². The number of carbonyl (C=O) groups is 1. The Kier molecular flexibility index (Phi) is 3.85. The number of rotatable bonds is 2. The van der Waals surface area contributed by atoms with Gasteiger partial charge in [0.25, 0.3) is 5.91 Å². The van der Waals surface area contributed by atoms with Gasteiger partial charge in [0.15, 0.2) is 0 Å². The van der Waals surface area contributed by atoms with Gasteiger partial charge in [-0.25, -0.2) is 0 Å². The third kappa shape index (κ3) is 2.57. The summed E-state index contributed by atoms with van der Waals surface area (Å²) in [5.74, 6) is 0.882. The molecule has 4 heteroatoms. The van der Waals surface area contributed by atoms with Gasteiger partial charge in [-0.3, -0.25) is 4.79 Å². The highest BCUT2D eigenvalue weighted by molar-refractivity contribution is 7.80. The number of piperazine rings is 1. The molecule has 1 aromatic rings. The van der Waals surface area contributed by atoms with Crippen molar-refractivity contribution >= 4 is 18.5 Å². The maximum Gasteiger partial charge on any atom is 0.253 e. The SMILES string of the molecule is O=C(c1ccccc1)N1CCNC(CS)C1. The summed E-state index contributed by atoms with van der Waals surface area (Å²) in [7, 11) is 0. The van der Waals surface area contributed by atoms with Crippen molar-refractivity contribution in [2.75, 3.05) is 25.4 Å². The Labute approximate surface area is 101 Å². The number of hydrogen-bond acceptors (Lipinski definition) is 3. The van der Waals surface area contributed by atoms with Crippen LogP contribution in [-0.2, 0) is 0 Å². The van der Waals surface area contributed by atoms with Gasteiger partial charge < -0.3 is 10.2 Å². The monoisotopic (exact) mass is 236 g/mol. The zero-order valence-corrected chi connectivity index (χ0v) is 9.99. The summed E-state index contributed by atoms with van der Waals surface area (Å²) < 4.78 is 0. The minimum Gasteiger partial charge on any atom is -0.336 e.